The van der Waals surface area contributed by atoms with Crippen LogP contribution < -0.4 is 5.43 Å². The van der Waals surface area contributed by atoms with Gasteiger partial charge in [0, 0.05) is 6.42 Å². The molecule has 4 aliphatic rings. The van der Waals surface area contributed by atoms with Gasteiger partial charge in [0.1, 0.15) is 5.82 Å². The van der Waals surface area contributed by atoms with Gasteiger partial charge in [0.25, 0.3) is 0 Å². The number of amides is 1. The first-order valence-corrected chi connectivity index (χ1v) is 14.6. The van der Waals surface area contributed by atoms with Crippen LogP contribution in [0.3, 0.4) is 0 Å². The summed E-state index contributed by atoms with van der Waals surface area (Å²) in [5, 5.41) is 25.8. The van der Waals surface area contributed by atoms with Crippen LogP contribution in [0.25, 0.3) is 0 Å². The zero-order valence-electron chi connectivity index (χ0n) is 22.7. The Labute approximate surface area is 221 Å². The van der Waals surface area contributed by atoms with Crippen LogP contribution in [0, 0.1) is 52.2 Å². The Morgan fingerprint density at radius 3 is 2.54 bits per heavy atom. The molecule has 204 valence electrons. The van der Waals surface area contributed by atoms with Crippen molar-refractivity contribution in [1.82, 2.24) is 5.43 Å². The molecule has 3 N–H and O–H groups in total. The summed E-state index contributed by atoms with van der Waals surface area (Å²) in [6.07, 6.45) is 10.8. The molecule has 37 heavy (non-hydrogen) atoms. The molecule has 0 aromatic heterocycles. The van der Waals surface area contributed by atoms with Gasteiger partial charge in [-0.3, -0.25) is 4.79 Å². The van der Waals surface area contributed by atoms with E-state index in [1.165, 1.54) is 44.0 Å². The molecule has 1 aromatic rings. The summed E-state index contributed by atoms with van der Waals surface area (Å²) in [5.41, 5.74) is 3.83. The van der Waals surface area contributed by atoms with E-state index in [1.54, 1.807) is 12.1 Å². The number of carbonyl (C=O) groups excluding carboxylic acids is 1. The van der Waals surface area contributed by atoms with E-state index in [1.807, 2.05) is 0 Å². The SMILES string of the molecule is C[C@@H](CCC(=O)N/N=C\c1ccc(F)cc1)[C@H]1CC[C@H]2[C@@H]3[C@@H](O)C[C@H]4C[C@@H](O)CC[C@]4(C)[C@H]3CC[C@]12C. The minimum Gasteiger partial charge on any atom is -0.393 e. The molecule has 0 heterocycles. The summed E-state index contributed by atoms with van der Waals surface area (Å²) in [7, 11) is 0. The van der Waals surface area contributed by atoms with Gasteiger partial charge < -0.3 is 10.2 Å². The Morgan fingerprint density at radius 2 is 1.78 bits per heavy atom. The van der Waals surface area contributed by atoms with Crippen molar-refractivity contribution in [3.05, 3.63) is 35.6 Å². The molecule has 1 aromatic carbocycles. The molecule has 5 rings (SSSR count). The van der Waals surface area contributed by atoms with E-state index in [0.29, 0.717) is 41.9 Å². The van der Waals surface area contributed by atoms with Gasteiger partial charge in [-0.15, -0.1) is 0 Å². The number of fused-ring (bicyclic) bond motifs is 5. The maximum atomic E-state index is 13.0. The largest absolute Gasteiger partial charge is 0.393 e. The zero-order valence-corrected chi connectivity index (χ0v) is 22.7. The van der Waals surface area contributed by atoms with Crippen LogP contribution in [-0.4, -0.2) is 34.5 Å². The number of hydrogen-bond acceptors (Lipinski definition) is 4. The van der Waals surface area contributed by atoms with E-state index in [2.05, 4.69) is 31.3 Å². The minimum atomic E-state index is -0.295. The van der Waals surface area contributed by atoms with E-state index >= 15 is 0 Å². The van der Waals surface area contributed by atoms with Gasteiger partial charge in [-0.05, 0) is 122 Å². The summed E-state index contributed by atoms with van der Waals surface area (Å²) in [6, 6.07) is 6.00. The molecular weight excluding hydrogens is 467 g/mol. The molecule has 0 unspecified atom stereocenters. The lowest BCUT2D eigenvalue weighted by Crippen LogP contribution is -2.58. The smallest absolute Gasteiger partial charge is 0.240 e. The van der Waals surface area contributed by atoms with Gasteiger partial charge in [0.05, 0.1) is 18.4 Å². The summed E-state index contributed by atoms with van der Waals surface area (Å²) in [4.78, 5) is 12.5. The fourth-order valence-corrected chi connectivity index (χ4v) is 9.52. The van der Waals surface area contributed by atoms with Crippen molar-refractivity contribution in [3.63, 3.8) is 0 Å². The highest BCUT2D eigenvalue weighted by atomic mass is 19.1. The predicted octanol–water partition coefficient (Wildman–Crippen LogP) is 5.68. The third-order valence-corrected chi connectivity index (χ3v) is 11.5. The van der Waals surface area contributed by atoms with Gasteiger partial charge in [0.2, 0.25) is 5.91 Å². The molecule has 10 atom stereocenters. The van der Waals surface area contributed by atoms with Crippen molar-refractivity contribution in [2.45, 2.75) is 97.2 Å². The first-order valence-electron chi connectivity index (χ1n) is 14.6. The highest BCUT2D eigenvalue weighted by Crippen LogP contribution is 2.68. The molecule has 6 heteroatoms. The Kier molecular flexibility index (Phi) is 7.54. The number of rotatable bonds is 6. The Hall–Kier alpha value is -1.79. The number of benzene rings is 1. The van der Waals surface area contributed by atoms with Crippen LogP contribution in [0.1, 0.15) is 90.5 Å². The molecule has 0 bridgehead atoms. The molecule has 0 spiro atoms. The third kappa shape index (κ3) is 5.01. The van der Waals surface area contributed by atoms with Crippen LogP contribution in [-0.2, 0) is 4.79 Å². The fraction of sp³-hybridized carbons (Fsp3) is 0.742. The summed E-state index contributed by atoms with van der Waals surface area (Å²) in [5.74, 6) is 2.55. The van der Waals surface area contributed by atoms with Gasteiger partial charge >= 0.3 is 0 Å². The van der Waals surface area contributed by atoms with E-state index < -0.39 is 0 Å². The summed E-state index contributed by atoms with van der Waals surface area (Å²) in [6.45, 7) is 7.24. The summed E-state index contributed by atoms with van der Waals surface area (Å²) < 4.78 is 13.0. The average Bonchev–Trinajstić information content (AvgIpc) is 3.22. The second-order valence-corrected chi connectivity index (χ2v) is 13.3. The van der Waals surface area contributed by atoms with Crippen LogP contribution >= 0.6 is 0 Å². The van der Waals surface area contributed by atoms with Gasteiger partial charge in [-0.2, -0.15) is 5.10 Å². The average molecular weight is 513 g/mol. The second kappa shape index (κ2) is 10.4. The van der Waals surface area contributed by atoms with Crippen LogP contribution in [0.4, 0.5) is 4.39 Å². The monoisotopic (exact) mass is 512 g/mol. The van der Waals surface area contributed by atoms with Crippen LogP contribution in [0.15, 0.2) is 29.4 Å². The normalized spacial score (nSPS) is 42.1. The van der Waals surface area contributed by atoms with Crippen molar-refractivity contribution < 1.29 is 19.4 Å². The topological polar surface area (TPSA) is 81.9 Å². The van der Waals surface area contributed by atoms with Crippen molar-refractivity contribution in [2.24, 2.45) is 51.4 Å². The standard InChI is InChI=1S/C31H45FN2O3/c1-19(4-11-28(37)34-33-18-20-5-7-22(32)8-6-20)24-9-10-25-29-26(13-15-31(24,25)3)30(2)14-12-23(35)16-21(30)17-27(29)36/h5-8,18-19,21,23-27,29,35-36H,4,9-17H2,1-3H3,(H,34,37)/b33-18-/t19-,21+,23-,24+,25-,26-,27-,29-,30-,31+/m0/s1. The first kappa shape index (κ1) is 26.8. The first-order chi connectivity index (χ1) is 17.6. The quantitative estimate of drug-likeness (QED) is 0.339. The van der Waals surface area contributed by atoms with Crippen LogP contribution in [0.5, 0.6) is 0 Å². The van der Waals surface area contributed by atoms with Crippen molar-refractivity contribution >= 4 is 12.1 Å². The second-order valence-electron chi connectivity index (χ2n) is 13.3. The van der Waals surface area contributed by atoms with Crippen molar-refractivity contribution in [3.8, 4) is 0 Å². The maximum Gasteiger partial charge on any atom is 0.240 e. The molecule has 5 nitrogen and oxygen atoms in total. The Morgan fingerprint density at radius 1 is 1.08 bits per heavy atom. The molecule has 0 saturated heterocycles. The highest BCUT2D eigenvalue weighted by Gasteiger charge is 2.62. The molecular formula is C31H45FN2O3. The number of aliphatic hydroxyl groups is 2. The number of hydrogen-bond donors (Lipinski definition) is 3. The molecule has 4 fully saturated rings. The zero-order chi connectivity index (χ0) is 26.4. The Balaban J connectivity index is 1.19. The van der Waals surface area contributed by atoms with E-state index in [0.717, 1.165) is 37.7 Å². The lowest BCUT2D eigenvalue weighted by molar-refractivity contribution is -0.174. The van der Waals surface area contributed by atoms with Crippen molar-refractivity contribution in [2.75, 3.05) is 0 Å². The van der Waals surface area contributed by atoms with E-state index in [4.69, 9.17) is 0 Å². The van der Waals surface area contributed by atoms with Gasteiger partial charge in [0.15, 0.2) is 0 Å². The minimum absolute atomic E-state index is 0.0882. The molecule has 0 radical (unpaired) electrons. The summed E-state index contributed by atoms with van der Waals surface area (Å²) >= 11 is 0. The number of nitrogens with zero attached hydrogens (tertiary/aromatic N) is 1. The van der Waals surface area contributed by atoms with E-state index in [9.17, 15) is 19.4 Å². The predicted molar refractivity (Wildman–Crippen MR) is 143 cm³/mol. The Bertz CT molecular complexity index is 999. The molecule has 4 saturated carbocycles. The number of nitrogens with one attached hydrogen (secondary N) is 1. The third-order valence-electron chi connectivity index (χ3n) is 11.5. The molecule has 4 aliphatic carbocycles. The van der Waals surface area contributed by atoms with Gasteiger partial charge in [-0.1, -0.05) is 32.9 Å². The van der Waals surface area contributed by atoms with E-state index in [-0.39, 0.29) is 34.8 Å². The van der Waals surface area contributed by atoms with Crippen molar-refractivity contribution in [1.29, 1.82) is 0 Å². The number of hydrazone groups is 1. The number of carbonyl (C=O) groups is 1. The maximum absolute atomic E-state index is 13.0. The molecule has 1 amide bonds. The van der Waals surface area contributed by atoms with Crippen LogP contribution in [0.2, 0.25) is 0 Å². The lowest BCUT2D eigenvalue weighted by atomic mass is 9.43. The van der Waals surface area contributed by atoms with Gasteiger partial charge in [-0.25, -0.2) is 9.82 Å². The number of halogens is 1. The lowest BCUT2D eigenvalue weighted by Gasteiger charge is -2.62. The number of aliphatic hydroxyl groups excluding tert-OH is 2. The molecule has 0 aliphatic heterocycles. The fourth-order valence-electron chi connectivity index (χ4n) is 9.52. The highest BCUT2D eigenvalue weighted by molar-refractivity contribution is 5.82.